The minimum atomic E-state index is -0.123. The molecule has 0 aromatic heterocycles. The topological polar surface area (TPSA) is 9.23 Å². The number of methoxy groups -OCH3 is 1. The minimum Gasteiger partial charge on any atom is -0.497 e. The number of halogens is 1. The van der Waals surface area contributed by atoms with Crippen molar-refractivity contribution >= 4 is 10.8 Å². The molecule has 0 heterocycles. The van der Waals surface area contributed by atoms with Gasteiger partial charge in [0, 0.05) is 5.39 Å². The third kappa shape index (κ3) is 3.71. The molecule has 1 saturated carbocycles. The number of rotatable bonds is 5. The fourth-order valence-corrected chi connectivity index (χ4v) is 4.82. The molecule has 140 valence electrons. The molecule has 1 aliphatic carbocycles. The molecule has 1 fully saturated rings. The molecule has 0 aliphatic heterocycles. The molecule has 3 aromatic rings. The van der Waals surface area contributed by atoms with Gasteiger partial charge in [-0.25, -0.2) is 4.39 Å². The molecule has 1 nitrogen and oxygen atoms in total. The minimum absolute atomic E-state index is 0.123. The van der Waals surface area contributed by atoms with Crippen molar-refractivity contribution in [3.05, 3.63) is 77.6 Å². The van der Waals surface area contributed by atoms with E-state index < -0.39 is 0 Å². The van der Waals surface area contributed by atoms with Gasteiger partial charge < -0.3 is 4.74 Å². The molecule has 0 amide bonds. The fourth-order valence-electron chi connectivity index (χ4n) is 4.82. The lowest BCUT2D eigenvalue weighted by molar-refractivity contribution is 0.414. The van der Waals surface area contributed by atoms with E-state index in [0.29, 0.717) is 11.8 Å². The smallest absolute Gasteiger partial charge is 0.131 e. The third-order valence-electron chi connectivity index (χ3n) is 6.25. The lowest BCUT2D eigenvalue weighted by atomic mass is 9.86. The number of ether oxygens (including phenoxy) is 1. The van der Waals surface area contributed by atoms with Crippen LogP contribution in [-0.2, 0) is 0 Å². The Morgan fingerprint density at radius 3 is 2.48 bits per heavy atom. The summed E-state index contributed by atoms with van der Waals surface area (Å²) in [6.45, 7) is 2.29. The van der Waals surface area contributed by atoms with Gasteiger partial charge in [0.1, 0.15) is 11.6 Å². The summed E-state index contributed by atoms with van der Waals surface area (Å²) < 4.78 is 19.4. The van der Waals surface area contributed by atoms with Crippen LogP contribution in [-0.4, -0.2) is 7.11 Å². The molecule has 0 spiro atoms. The Kier molecular flexibility index (Phi) is 5.15. The number of benzene rings is 3. The Labute approximate surface area is 161 Å². The molecule has 27 heavy (non-hydrogen) atoms. The molecule has 0 saturated heterocycles. The van der Waals surface area contributed by atoms with Crippen molar-refractivity contribution in [2.24, 2.45) is 5.92 Å². The summed E-state index contributed by atoms with van der Waals surface area (Å²) in [6, 6.07) is 20.0. The van der Waals surface area contributed by atoms with Crippen molar-refractivity contribution in [2.45, 2.75) is 44.4 Å². The van der Waals surface area contributed by atoms with E-state index in [1.807, 2.05) is 18.2 Å². The van der Waals surface area contributed by atoms with Crippen molar-refractivity contribution in [3.8, 4) is 5.75 Å². The van der Waals surface area contributed by atoms with Gasteiger partial charge in [0.2, 0.25) is 0 Å². The number of hydrogen-bond donors (Lipinski definition) is 0. The van der Waals surface area contributed by atoms with E-state index in [4.69, 9.17) is 4.74 Å². The van der Waals surface area contributed by atoms with E-state index in [1.165, 1.54) is 36.8 Å². The van der Waals surface area contributed by atoms with E-state index in [0.717, 1.165) is 22.4 Å². The second-order valence-electron chi connectivity index (χ2n) is 7.97. The molecule has 3 atom stereocenters. The Bertz CT molecular complexity index is 915. The van der Waals surface area contributed by atoms with E-state index in [9.17, 15) is 4.39 Å². The summed E-state index contributed by atoms with van der Waals surface area (Å²) in [5.74, 6) is 2.62. The average molecular weight is 362 g/mol. The lowest BCUT2D eigenvalue weighted by Crippen LogP contribution is -2.03. The summed E-state index contributed by atoms with van der Waals surface area (Å²) in [5.41, 5.74) is 2.71. The first-order valence-electron chi connectivity index (χ1n) is 9.96. The van der Waals surface area contributed by atoms with Gasteiger partial charge in [-0.2, -0.15) is 0 Å². The summed E-state index contributed by atoms with van der Waals surface area (Å²) >= 11 is 0. The first-order chi connectivity index (χ1) is 13.2. The van der Waals surface area contributed by atoms with Crippen molar-refractivity contribution in [1.29, 1.82) is 0 Å². The first kappa shape index (κ1) is 18.0. The molecular formula is C25H27FO. The van der Waals surface area contributed by atoms with E-state index in [2.05, 4.69) is 43.3 Å². The highest BCUT2D eigenvalue weighted by Crippen LogP contribution is 2.43. The van der Waals surface area contributed by atoms with Gasteiger partial charge in [0.15, 0.2) is 0 Å². The summed E-state index contributed by atoms with van der Waals surface area (Å²) in [7, 11) is 1.71. The van der Waals surface area contributed by atoms with Gasteiger partial charge in [-0.1, -0.05) is 49.4 Å². The largest absolute Gasteiger partial charge is 0.497 e. The van der Waals surface area contributed by atoms with Crippen LogP contribution in [0.2, 0.25) is 0 Å². The van der Waals surface area contributed by atoms with Crippen molar-refractivity contribution in [1.82, 2.24) is 0 Å². The summed E-state index contributed by atoms with van der Waals surface area (Å²) in [4.78, 5) is 0. The Morgan fingerprint density at radius 1 is 0.963 bits per heavy atom. The third-order valence-corrected chi connectivity index (χ3v) is 6.25. The average Bonchev–Trinajstić information content (AvgIpc) is 3.16. The van der Waals surface area contributed by atoms with Crippen LogP contribution in [0.1, 0.15) is 55.6 Å². The second-order valence-corrected chi connectivity index (χ2v) is 7.97. The van der Waals surface area contributed by atoms with Crippen LogP contribution in [0.15, 0.2) is 60.7 Å². The maximum absolute atomic E-state index is 14.1. The second kappa shape index (κ2) is 7.72. The van der Waals surface area contributed by atoms with Gasteiger partial charge >= 0.3 is 0 Å². The van der Waals surface area contributed by atoms with E-state index in [1.54, 1.807) is 13.2 Å². The predicted octanol–water partition coefficient (Wildman–Crippen LogP) is 7.07. The lowest BCUT2D eigenvalue weighted by Gasteiger charge is -2.19. The SMILES string of the molecule is COc1ccc([C@@H]2CCC(C[C@H](C)c3cccc4c(F)cccc34)C2)cc1. The fraction of sp³-hybridized carbons (Fsp3) is 0.360. The zero-order valence-electron chi connectivity index (χ0n) is 16.1. The molecule has 0 N–H and O–H groups in total. The van der Waals surface area contributed by atoms with Crippen molar-refractivity contribution in [2.75, 3.05) is 7.11 Å². The zero-order valence-corrected chi connectivity index (χ0v) is 16.1. The molecule has 0 bridgehead atoms. The highest BCUT2D eigenvalue weighted by molar-refractivity contribution is 5.86. The van der Waals surface area contributed by atoms with Crippen LogP contribution in [0.5, 0.6) is 5.75 Å². The number of hydrogen-bond acceptors (Lipinski definition) is 1. The maximum atomic E-state index is 14.1. The standard InChI is InChI=1S/C25H27FO/c1-17(22-5-3-7-24-23(22)6-4-8-25(24)26)15-18-9-10-20(16-18)19-11-13-21(27-2)14-12-19/h3-8,11-14,17-18,20H,9-10,15-16H2,1-2H3/t17-,18?,20+/m0/s1. The summed E-state index contributed by atoms with van der Waals surface area (Å²) in [6.07, 6.45) is 4.95. The van der Waals surface area contributed by atoms with Crippen molar-refractivity contribution in [3.63, 3.8) is 0 Å². The monoisotopic (exact) mass is 362 g/mol. The van der Waals surface area contributed by atoms with Crippen LogP contribution in [0.3, 0.4) is 0 Å². The first-order valence-corrected chi connectivity index (χ1v) is 9.96. The van der Waals surface area contributed by atoms with Gasteiger partial charge in [-0.15, -0.1) is 0 Å². The van der Waals surface area contributed by atoms with E-state index in [-0.39, 0.29) is 5.82 Å². The normalized spacial score (nSPS) is 20.7. The van der Waals surface area contributed by atoms with E-state index >= 15 is 0 Å². The van der Waals surface area contributed by atoms with Gasteiger partial charge in [0.25, 0.3) is 0 Å². The maximum Gasteiger partial charge on any atom is 0.131 e. The molecular weight excluding hydrogens is 335 g/mol. The Morgan fingerprint density at radius 2 is 1.70 bits per heavy atom. The molecule has 4 rings (SSSR count). The zero-order chi connectivity index (χ0) is 18.8. The van der Waals surface area contributed by atoms with Crippen LogP contribution in [0, 0.1) is 11.7 Å². The predicted molar refractivity (Wildman–Crippen MR) is 110 cm³/mol. The molecule has 1 unspecified atom stereocenters. The molecule has 0 radical (unpaired) electrons. The molecule has 1 aliphatic rings. The van der Waals surface area contributed by atoms with Gasteiger partial charge in [-0.3, -0.25) is 0 Å². The van der Waals surface area contributed by atoms with Gasteiger partial charge in [0.05, 0.1) is 7.11 Å². The van der Waals surface area contributed by atoms with Gasteiger partial charge in [-0.05, 0) is 78.1 Å². The highest BCUT2D eigenvalue weighted by Gasteiger charge is 2.27. The molecule has 2 heteroatoms. The quantitative estimate of drug-likeness (QED) is 0.472. The Hall–Kier alpha value is -2.35. The summed E-state index contributed by atoms with van der Waals surface area (Å²) in [5, 5.41) is 1.80. The highest BCUT2D eigenvalue weighted by atomic mass is 19.1. The Balaban J connectivity index is 1.46. The van der Waals surface area contributed by atoms with Crippen molar-refractivity contribution < 1.29 is 9.13 Å². The van der Waals surface area contributed by atoms with Crippen LogP contribution >= 0.6 is 0 Å². The van der Waals surface area contributed by atoms with Crippen LogP contribution < -0.4 is 4.74 Å². The number of fused-ring (bicyclic) bond motifs is 1. The molecule has 3 aromatic carbocycles. The van der Waals surface area contributed by atoms with Crippen LogP contribution in [0.25, 0.3) is 10.8 Å². The van der Waals surface area contributed by atoms with Crippen LogP contribution in [0.4, 0.5) is 4.39 Å².